The molecule has 2 rings (SSSR count). The van der Waals surface area contributed by atoms with E-state index in [1.54, 1.807) is 6.92 Å². The zero-order valence-corrected chi connectivity index (χ0v) is 8.27. The van der Waals surface area contributed by atoms with E-state index < -0.39 is 0 Å². The number of fused-ring (bicyclic) bond motifs is 1. The Balaban J connectivity index is 0.000000171. The molecule has 1 aromatic rings. The summed E-state index contributed by atoms with van der Waals surface area (Å²) in [5.41, 5.74) is 2.84. The van der Waals surface area contributed by atoms with Crippen LogP contribution in [-0.2, 0) is 16.0 Å². The number of ether oxygens (including phenoxy) is 1. The lowest BCUT2D eigenvalue weighted by Gasteiger charge is -1.93. The van der Waals surface area contributed by atoms with Crippen LogP contribution in [0.5, 0.6) is 0 Å². The van der Waals surface area contributed by atoms with Crippen molar-refractivity contribution in [3.05, 3.63) is 41.5 Å². The molecular weight excluding hydrogens is 176 g/mol. The molecule has 0 unspecified atom stereocenters. The van der Waals surface area contributed by atoms with Crippen LogP contribution in [0, 0.1) is 0 Å². The first-order valence-electron chi connectivity index (χ1n) is 4.68. The Hall–Kier alpha value is -1.57. The smallest absolute Gasteiger partial charge is 0.293 e. The molecule has 0 radical (unpaired) electrons. The second-order valence-corrected chi connectivity index (χ2v) is 2.86. The average Bonchev–Trinajstić information content (AvgIpc) is 2.67. The quantitative estimate of drug-likeness (QED) is 0.669. The van der Waals surface area contributed by atoms with Crippen LogP contribution in [0.3, 0.4) is 0 Å². The van der Waals surface area contributed by atoms with Gasteiger partial charge < -0.3 is 4.74 Å². The Labute approximate surface area is 84.2 Å². The van der Waals surface area contributed by atoms with E-state index in [9.17, 15) is 4.79 Å². The van der Waals surface area contributed by atoms with E-state index in [1.165, 1.54) is 11.1 Å². The van der Waals surface area contributed by atoms with Gasteiger partial charge in [0, 0.05) is 0 Å². The van der Waals surface area contributed by atoms with Crippen LogP contribution >= 0.6 is 0 Å². The van der Waals surface area contributed by atoms with Gasteiger partial charge in [0.2, 0.25) is 0 Å². The molecule has 0 bridgehead atoms. The first-order valence-corrected chi connectivity index (χ1v) is 4.68. The van der Waals surface area contributed by atoms with E-state index in [0.717, 1.165) is 6.42 Å². The molecule has 0 amide bonds. The Bertz CT molecular complexity index is 316. The maximum atomic E-state index is 9.18. The topological polar surface area (TPSA) is 26.3 Å². The van der Waals surface area contributed by atoms with Gasteiger partial charge in [-0.15, -0.1) is 0 Å². The summed E-state index contributed by atoms with van der Waals surface area (Å²) in [6.07, 6.45) is 5.50. The van der Waals surface area contributed by atoms with E-state index >= 15 is 0 Å². The van der Waals surface area contributed by atoms with E-state index in [4.69, 9.17) is 0 Å². The van der Waals surface area contributed by atoms with Crippen molar-refractivity contribution in [2.75, 3.05) is 6.61 Å². The molecular formula is C12H14O2. The highest BCUT2D eigenvalue weighted by Crippen LogP contribution is 2.17. The van der Waals surface area contributed by atoms with Gasteiger partial charge in [-0.1, -0.05) is 36.4 Å². The van der Waals surface area contributed by atoms with Gasteiger partial charge >= 0.3 is 0 Å². The van der Waals surface area contributed by atoms with Gasteiger partial charge in [-0.25, -0.2) is 0 Å². The molecule has 0 heterocycles. The van der Waals surface area contributed by atoms with E-state index in [1.807, 2.05) is 0 Å². The molecule has 0 spiro atoms. The number of carbonyl (C=O) groups excluding carboxylic acids is 1. The molecule has 0 atom stereocenters. The van der Waals surface area contributed by atoms with Crippen molar-refractivity contribution in [3.8, 4) is 0 Å². The highest BCUT2D eigenvalue weighted by atomic mass is 16.5. The van der Waals surface area contributed by atoms with Crippen molar-refractivity contribution in [3.63, 3.8) is 0 Å². The van der Waals surface area contributed by atoms with E-state index in [-0.39, 0.29) is 0 Å². The van der Waals surface area contributed by atoms with Gasteiger partial charge in [0.1, 0.15) is 0 Å². The van der Waals surface area contributed by atoms with Gasteiger partial charge in [0.25, 0.3) is 6.47 Å². The lowest BCUT2D eigenvalue weighted by atomic mass is 10.1. The molecule has 0 fully saturated rings. The summed E-state index contributed by atoms with van der Waals surface area (Å²) in [5, 5.41) is 0. The highest BCUT2D eigenvalue weighted by Gasteiger charge is 2.00. The van der Waals surface area contributed by atoms with Crippen LogP contribution in [0.1, 0.15) is 18.1 Å². The van der Waals surface area contributed by atoms with Crippen LogP contribution in [0.15, 0.2) is 30.3 Å². The Morgan fingerprint density at radius 1 is 1.43 bits per heavy atom. The van der Waals surface area contributed by atoms with Crippen molar-refractivity contribution in [2.24, 2.45) is 0 Å². The number of hydrogen-bond acceptors (Lipinski definition) is 2. The first-order chi connectivity index (χ1) is 6.88. The summed E-state index contributed by atoms with van der Waals surface area (Å²) in [5.74, 6) is 0. The lowest BCUT2D eigenvalue weighted by molar-refractivity contribution is -0.128. The fourth-order valence-electron chi connectivity index (χ4n) is 1.26. The Morgan fingerprint density at radius 2 is 2.21 bits per heavy atom. The van der Waals surface area contributed by atoms with Crippen LogP contribution in [0.2, 0.25) is 0 Å². The molecule has 1 aliphatic rings. The van der Waals surface area contributed by atoms with Gasteiger partial charge in [-0.05, 0) is 24.5 Å². The third-order valence-corrected chi connectivity index (χ3v) is 1.92. The summed E-state index contributed by atoms with van der Waals surface area (Å²) in [7, 11) is 0. The summed E-state index contributed by atoms with van der Waals surface area (Å²) in [4.78, 5) is 9.18. The maximum absolute atomic E-state index is 9.18. The highest BCUT2D eigenvalue weighted by molar-refractivity contribution is 5.59. The number of allylic oxidation sites excluding steroid dienone is 1. The third kappa shape index (κ3) is 3.05. The second kappa shape index (κ2) is 5.97. The predicted molar refractivity (Wildman–Crippen MR) is 56.9 cm³/mol. The summed E-state index contributed by atoms with van der Waals surface area (Å²) < 4.78 is 4.15. The molecule has 1 aliphatic carbocycles. The minimum atomic E-state index is 0.431. The fraction of sp³-hybridized carbons (Fsp3) is 0.250. The molecule has 1 aromatic carbocycles. The van der Waals surface area contributed by atoms with Crippen molar-refractivity contribution >= 4 is 12.5 Å². The molecule has 2 heteroatoms. The fourth-order valence-corrected chi connectivity index (χ4v) is 1.26. The van der Waals surface area contributed by atoms with E-state index in [0.29, 0.717) is 13.1 Å². The Morgan fingerprint density at radius 3 is 2.79 bits per heavy atom. The largest absolute Gasteiger partial charge is 0.468 e. The zero-order chi connectivity index (χ0) is 10.2. The van der Waals surface area contributed by atoms with Crippen molar-refractivity contribution in [2.45, 2.75) is 13.3 Å². The number of rotatable bonds is 2. The zero-order valence-electron chi connectivity index (χ0n) is 8.27. The number of hydrogen-bond donors (Lipinski definition) is 0. The maximum Gasteiger partial charge on any atom is 0.293 e. The molecule has 14 heavy (non-hydrogen) atoms. The van der Waals surface area contributed by atoms with Crippen molar-refractivity contribution < 1.29 is 9.53 Å². The first kappa shape index (κ1) is 10.5. The van der Waals surface area contributed by atoms with Gasteiger partial charge in [-0.2, -0.15) is 0 Å². The van der Waals surface area contributed by atoms with Crippen LogP contribution < -0.4 is 0 Å². The van der Waals surface area contributed by atoms with E-state index in [2.05, 4.69) is 41.2 Å². The SMILES string of the molecule is C1=Cc2ccccc2C1.CCOC=O. The molecule has 2 nitrogen and oxygen atoms in total. The summed E-state index contributed by atoms with van der Waals surface area (Å²) in [6, 6.07) is 8.49. The lowest BCUT2D eigenvalue weighted by Crippen LogP contribution is -1.80. The third-order valence-electron chi connectivity index (χ3n) is 1.92. The molecule has 0 aromatic heterocycles. The molecule has 0 saturated carbocycles. The minimum Gasteiger partial charge on any atom is -0.468 e. The second-order valence-electron chi connectivity index (χ2n) is 2.86. The number of benzene rings is 1. The van der Waals surface area contributed by atoms with Crippen LogP contribution in [-0.4, -0.2) is 13.1 Å². The predicted octanol–water partition coefficient (Wildman–Crippen LogP) is 2.44. The summed E-state index contributed by atoms with van der Waals surface area (Å²) in [6.45, 7) is 2.66. The van der Waals surface area contributed by atoms with Crippen LogP contribution in [0.25, 0.3) is 6.08 Å². The molecule has 0 N–H and O–H groups in total. The van der Waals surface area contributed by atoms with Crippen LogP contribution in [0.4, 0.5) is 0 Å². The van der Waals surface area contributed by atoms with Gasteiger partial charge in [0.05, 0.1) is 6.61 Å². The molecule has 74 valence electrons. The van der Waals surface area contributed by atoms with Crippen molar-refractivity contribution in [1.82, 2.24) is 0 Å². The number of carbonyl (C=O) groups is 1. The van der Waals surface area contributed by atoms with Crippen molar-refractivity contribution in [1.29, 1.82) is 0 Å². The monoisotopic (exact) mass is 190 g/mol. The molecule has 0 saturated heterocycles. The van der Waals surface area contributed by atoms with Gasteiger partial charge in [-0.3, -0.25) is 4.79 Å². The minimum absolute atomic E-state index is 0.431. The standard InChI is InChI=1S/C9H8.C3H6O2/c1-2-5-9-7-3-6-8(9)4-1;1-2-5-3-4/h1-6H,7H2;3H,2H2,1H3. The Kier molecular flexibility index (Phi) is 4.48. The average molecular weight is 190 g/mol. The van der Waals surface area contributed by atoms with Gasteiger partial charge in [0.15, 0.2) is 0 Å². The normalized spacial score (nSPS) is 11.2. The molecule has 0 aliphatic heterocycles. The summed E-state index contributed by atoms with van der Waals surface area (Å²) >= 11 is 0.